The summed E-state index contributed by atoms with van der Waals surface area (Å²) >= 11 is 9.72. The van der Waals surface area contributed by atoms with Crippen molar-refractivity contribution in [2.45, 2.75) is 25.3 Å². The van der Waals surface area contributed by atoms with Crippen LogP contribution in [0.2, 0.25) is 5.02 Å². The number of hydrogen-bond donors (Lipinski definition) is 1. The van der Waals surface area contributed by atoms with Crippen molar-refractivity contribution >= 4 is 39.6 Å². The Morgan fingerprint density at radius 3 is 2.15 bits per heavy atom. The largest absolute Gasteiger partial charge is 0.479 e. The predicted molar refractivity (Wildman–Crippen MR) is 132 cm³/mol. The molecule has 7 heteroatoms. The molecule has 1 amide bonds. The monoisotopic (exact) mass is 527 g/mol. The van der Waals surface area contributed by atoms with Crippen LogP contribution in [0.5, 0.6) is 0 Å². The Kier molecular flexibility index (Phi) is 6.50. The van der Waals surface area contributed by atoms with Crippen LogP contribution in [0.4, 0.5) is 4.79 Å². The topological polar surface area (TPSA) is 66.8 Å². The van der Waals surface area contributed by atoms with E-state index in [2.05, 4.69) is 28.1 Å². The maximum absolute atomic E-state index is 13.2. The number of aliphatic carboxylic acids is 1. The number of carbonyl (C=O) groups is 2. The standard InChI is InChI=1S/C26H23BrClNO4/c1-3-29(26(2,24(30)31)22-13-12-16(27)14-23(22)28)25(32)33-15-21-19-10-6-4-8-17(19)18-9-5-7-11-20(18)21/h4-14,21H,3,15H2,1-2H3,(H,30,31). The molecule has 0 fully saturated rings. The molecule has 4 rings (SSSR count). The average molecular weight is 529 g/mol. The van der Waals surface area contributed by atoms with Crippen LogP contribution < -0.4 is 0 Å². The predicted octanol–water partition coefficient (Wildman–Crippen LogP) is 6.67. The van der Waals surface area contributed by atoms with E-state index in [1.165, 1.54) is 11.8 Å². The highest BCUT2D eigenvalue weighted by Gasteiger charge is 2.46. The number of amides is 1. The van der Waals surface area contributed by atoms with Crippen LogP contribution in [-0.4, -0.2) is 35.2 Å². The molecular formula is C26H23BrClNO4. The first kappa shape index (κ1) is 23.3. The van der Waals surface area contributed by atoms with Gasteiger partial charge >= 0.3 is 12.1 Å². The molecule has 5 nitrogen and oxygen atoms in total. The molecule has 1 aliphatic carbocycles. The minimum Gasteiger partial charge on any atom is -0.479 e. The highest BCUT2D eigenvalue weighted by atomic mass is 79.9. The Morgan fingerprint density at radius 2 is 1.64 bits per heavy atom. The van der Waals surface area contributed by atoms with Gasteiger partial charge in [-0.05, 0) is 48.2 Å². The first-order valence-corrected chi connectivity index (χ1v) is 11.8. The van der Waals surface area contributed by atoms with Gasteiger partial charge in [-0.1, -0.05) is 82.1 Å². The zero-order valence-corrected chi connectivity index (χ0v) is 20.6. The maximum Gasteiger partial charge on any atom is 0.411 e. The molecule has 170 valence electrons. The van der Waals surface area contributed by atoms with E-state index in [1.807, 2.05) is 36.4 Å². The number of rotatable bonds is 6. The lowest BCUT2D eigenvalue weighted by atomic mass is 9.90. The minimum atomic E-state index is -1.70. The third kappa shape index (κ3) is 4.02. The fourth-order valence-corrected chi connectivity index (χ4v) is 5.42. The molecule has 33 heavy (non-hydrogen) atoms. The van der Waals surface area contributed by atoms with E-state index in [1.54, 1.807) is 25.1 Å². The molecule has 0 spiro atoms. The van der Waals surface area contributed by atoms with Gasteiger partial charge < -0.3 is 9.84 Å². The number of carbonyl (C=O) groups excluding carboxylic acids is 1. The Bertz CT molecular complexity index is 1180. The van der Waals surface area contributed by atoms with Crippen molar-refractivity contribution in [2.24, 2.45) is 0 Å². The van der Waals surface area contributed by atoms with Crippen LogP contribution in [0.25, 0.3) is 11.1 Å². The molecule has 3 aromatic carbocycles. The highest BCUT2D eigenvalue weighted by molar-refractivity contribution is 9.10. The van der Waals surface area contributed by atoms with E-state index in [0.717, 1.165) is 22.3 Å². The van der Waals surface area contributed by atoms with Crippen molar-refractivity contribution in [1.29, 1.82) is 0 Å². The summed E-state index contributed by atoms with van der Waals surface area (Å²) in [4.78, 5) is 26.9. The van der Waals surface area contributed by atoms with E-state index >= 15 is 0 Å². The molecule has 0 aromatic heterocycles. The second-order valence-electron chi connectivity index (χ2n) is 8.05. The van der Waals surface area contributed by atoms with Crippen molar-refractivity contribution in [1.82, 2.24) is 4.90 Å². The zero-order valence-electron chi connectivity index (χ0n) is 18.2. The van der Waals surface area contributed by atoms with Gasteiger partial charge in [-0.25, -0.2) is 9.59 Å². The van der Waals surface area contributed by atoms with E-state index in [0.29, 0.717) is 10.0 Å². The molecular weight excluding hydrogens is 506 g/mol. The number of hydrogen-bond acceptors (Lipinski definition) is 3. The summed E-state index contributed by atoms with van der Waals surface area (Å²) in [7, 11) is 0. The number of likely N-dealkylation sites (N-methyl/N-ethyl adjacent to an activating group) is 1. The molecule has 1 atom stereocenters. The van der Waals surface area contributed by atoms with Crippen LogP contribution in [0, 0.1) is 0 Å². The quantitative estimate of drug-likeness (QED) is 0.388. The summed E-state index contributed by atoms with van der Waals surface area (Å²) in [5.74, 6) is -1.31. The van der Waals surface area contributed by atoms with Crippen molar-refractivity contribution in [3.63, 3.8) is 0 Å². The maximum atomic E-state index is 13.2. The number of fused-ring (bicyclic) bond motifs is 3. The molecule has 1 aliphatic rings. The van der Waals surface area contributed by atoms with Gasteiger partial charge in [0.25, 0.3) is 0 Å². The van der Waals surface area contributed by atoms with Crippen molar-refractivity contribution in [3.05, 3.63) is 92.9 Å². The molecule has 0 heterocycles. The summed E-state index contributed by atoms with van der Waals surface area (Å²) in [6, 6.07) is 21.0. The van der Waals surface area contributed by atoms with Gasteiger partial charge in [0.2, 0.25) is 0 Å². The number of nitrogens with zero attached hydrogens (tertiary/aromatic N) is 1. The lowest BCUT2D eigenvalue weighted by molar-refractivity contribution is -0.150. The number of halogens is 2. The van der Waals surface area contributed by atoms with Crippen molar-refractivity contribution in [3.8, 4) is 11.1 Å². The van der Waals surface area contributed by atoms with Crippen LogP contribution in [-0.2, 0) is 15.1 Å². The van der Waals surface area contributed by atoms with Gasteiger partial charge in [-0.15, -0.1) is 0 Å². The van der Waals surface area contributed by atoms with Crippen molar-refractivity contribution < 1.29 is 19.4 Å². The Labute approximate surface area is 206 Å². The normalized spacial score (nSPS) is 14.2. The second kappa shape index (κ2) is 9.20. The van der Waals surface area contributed by atoms with E-state index < -0.39 is 17.6 Å². The summed E-state index contributed by atoms with van der Waals surface area (Å²) in [6.45, 7) is 3.42. The first-order chi connectivity index (χ1) is 15.8. The van der Waals surface area contributed by atoms with Gasteiger partial charge in [0.1, 0.15) is 6.61 Å². The lowest BCUT2D eigenvalue weighted by Gasteiger charge is -2.37. The summed E-state index contributed by atoms with van der Waals surface area (Å²) < 4.78 is 6.46. The van der Waals surface area contributed by atoms with Gasteiger partial charge in [0.15, 0.2) is 5.54 Å². The van der Waals surface area contributed by atoms with Crippen LogP contribution in [0.15, 0.2) is 71.2 Å². The minimum absolute atomic E-state index is 0.104. The second-order valence-corrected chi connectivity index (χ2v) is 9.37. The summed E-state index contributed by atoms with van der Waals surface area (Å²) in [5, 5.41) is 10.4. The molecule has 0 radical (unpaired) electrons. The van der Waals surface area contributed by atoms with Crippen LogP contribution >= 0.6 is 27.5 Å². The number of benzene rings is 3. The number of carboxylic acids is 1. The fraction of sp³-hybridized carbons (Fsp3) is 0.231. The highest BCUT2D eigenvalue weighted by Crippen LogP contribution is 2.44. The molecule has 0 bridgehead atoms. The molecule has 0 saturated carbocycles. The van der Waals surface area contributed by atoms with Crippen molar-refractivity contribution in [2.75, 3.05) is 13.2 Å². The lowest BCUT2D eigenvalue weighted by Crippen LogP contribution is -2.53. The number of ether oxygens (including phenoxy) is 1. The summed E-state index contributed by atoms with van der Waals surface area (Å²) in [6.07, 6.45) is -0.705. The van der Waals surface area contributed by atoms with Gasteiger partial charge in [0, 0.05) is 27.5 Å². The van der Waals surface area contributed by atoms with E-state index in [9.17, 15) is 14.7 Å². The Hall–Kier alpha value is -2.83. The van der Waals surface area contributed by atoms with Crippen LogP contribution in [0.3, 0.4) is 0 Å². The number of carboxylic acid groups (broad SMARTS) is 1. The first-order valence-electron chi connectivity index (χ1n) is 10.6. The Balaban J connectivity index is 1.63. The molecule has 1 unspecified atom stereocenters. The third-order valence-corrected chi connectivity index (χ3v) is 7.09. The molecule has 3 aromatic rings. The average Bonchev–Trinajstić information content (AvgIpc) is 3.11. The summed E-state index contributed by atoms with van der Waals surface area (Å²) in [5.41, 5.74) is 3.04. The molecule has 0 aliphatic heterocycles. The molecule has 0 saturated heterocycles. The Morgan fingerprint density at radius 1 is 1.06 bits per heavy atom. The molecule has 1 N–H and O–H groups in total. The van der Waals surface area contributed by atoms with Gasteiger partial charge in [-0.2, -0.15) is 0 Å². The van der Waals surface area contributed by atoms with E-state index in [4.69, 9.17) is 16.3 Å². The van der Waals surface area contributed by atoms with Gasteiger partial charge in [0.05, 0.1) is 0 Å². The third-order valence-electron chi connectivity index (χ3n) is 6.28. The SMILES string of the molecule is CCN(C(=O)OCC1c2ccccc2-c2ccccc21)C(C)(C(=O)O)c1ccc(Br)cc1Cl. The smallest absolute Gasteiger partial charge is 0.411 e. The van der Waals surface area contributed by atoms with E-state index in [-0.39, 0.29) is 24.1 Å². The fourth-order valence-electron chi connectivity index (χ4n) is 4.56. The zero-order chi connectivity index (χ0) is 23.8. The van der Waals surface area contributed by atoms with Crippen LogP contribution in [0.1, 0.15) is 36.5 Å². The van der Waals surface area contributed by atoms with Gasteiger partial charge in [-0.3, -0.25) is 4.90 Å².